The van der Waals surface area contributed by atoms with Gasteiger partial charge in [0.25, 0.3) is 0 Å². The molecule has 3 heteroatoms. The van der Waals surface area contributed by atoms with Crippen LogP contribution in [0.2, 0.25) is 0 Å². The van der Waals surface area contributed by atoms with E-state index in [2.05, 4.69) is 6.58 Å². The van der Waals surface area contributed by atoms with Crippen LogP contribution in [0.4, 0.5) is 4.39 Å². The van der Waals surface area contributed by atoms with Gasteiger partial charge in [-0.25, -0.2) is 4.39 Å². The van der Waals surface area contributed by atoms with Crippen molar-refractivity contribution < 1.29 is 13.9 Å². The Labute approximate surface area is 82.0 Å². The normalized spacial score (nSPS) is 9.57. The zero-order valence-electron chi connectivity index (χ0n) is 7.92. The fraction of sp³-hybridized carbons (Fsp3) is 0.182. The zero-order valence-corrected chi connectivity index (χ0v) is 7.92. The Kier molecular flexibility index (Phi) is 3.40. The van der Waals surface area contributed by atoms with E-state index in [4.69, 9.17) is 4.74 Å². The molecule has 0 aromatic heterocycles. The molecule has 0 aliphatic rings. The first kappa shape index (κ1) is 10.4. The number of aldehydes is 1. The topological polar surface area (TPSA) is 26.3 Å². The van der Waals surface area contributed by atoms with Crippen molar-refractivity contribution in [3.63, 3.8) is 0 Å². The van der Waals surface area contributed by atoms with E-state index in [-0.39, 0.29) is 11.3 Å². The van der Waals surface area contributed by atoms with Gasteiger partial charge in [-0.1, -0.05) is 12.6 Å². The first-order valence-electron chi connectivity index (χ1n) is 4.25. The molecule has 0 aliphatic carbocycles. The Morgan fingerprint density at radius 3 is 2.86 bits per heavy atom. The van der Waals surface area contributed by atoms with Gasteiger partial charge in [0, 0.05) is 5.56 Å². The van der Waals surface area contributed by atoms with Crippen LogP contribution in [-0.2, 0) is 4.74 Å². The first-order valence-corrected chi connectivity index (χ1v) is 4.25. The van der Waals surface area contributed by atoms with Crippen molar-refractivity contribution in [2.45, 2.75) is 6.92 Å². The lowest BCUT2D eigenvalue weighted by Crippen LogP contribution is -1.95. The standard InChI is InChI=1S/C11H11FO2/c1-3-14-8(2)10-5-4-9(7-13)6-11(10)12/h4-7H,2-3H2,1H3. The number of hydrogen-bond donors (Lipinski definition) is 0. The third-order valence-electron chi connectivity index (χ3n) is 1.75. The quantitative estimate of drug-likeness (QED) is 0.544. The molecule has 1 aromatic rings. The molecule has 0 fully saturated rings. The molecular weight excluding hydrogens is 183 g/mol. The van der Waals surface area contributed by atoms with Crippen LogP contribution in [0.15, 0.2) is 24.8 Å². The van der Waals surface area contributed by atoms with Crippen molar-refractivity contribution in [3.8, 4) is 0 Å². The van der Waals surface area contributed by atoms with E-state index in [1.54, 1.807) is 6.92 Å². The molecule has 0 saturated heterocycles. The van der Waals surface area contributed by atoms with Gasteiger partial charge in [-0.2, -0.15) is 0 Å². The van der Waals surface area contributed by atoms with Crippen molar-refractivity contribution in [2.24, 2.45) is 0 Å². The highest BCUT2D eigenvalue weighted by Crippen LogP contribution is 2.18. The number of hydrogen-bond acceptors (Lipinski definition) is 2. The Morgan fingerprint density at radius 1 is 1.64 bits per heavy atom. The third kappa shape index (κ3) is 2.19. The van der Waals surface area contributed by atoms with E-state index in [1.165, 1.54) is 12.1 Å². The minimum atomic E-state index is -0.493. The lowest BCUT2D eigenvalue weighted by molar-refractivity contribution is 0.112. The maximum atomic E-state index is 13.3. The highest BCUT2D eigenvalue weighted by atomic mass is 19.1. The molecule has 74 valence electrons. The summed E-state index contributed by atoms with van der Waals surface area (Å²) in [6.45, 7) is 5.81. The molecule has 1 rings (SSSR count). The maximum absolute atomic E-state index is 13.3. The van der Waals surface area contributed by atoms with Gasteiger partial charge in [-0.05, 0) is 19.1 Å². The zero-order chi connectivity index (χ0) is 10.6. The lowest BCUT2D eigenvalue weighted by Gasteiger charge is -2.07. The van der Waals surface area contributed by atoms with E-state index in [0.29, 0.717) is 18.5 Å². The summed E-state index contributed by atoms with van der Waals surface area (Å²) >= 11 is 0. The summed E-state index contributed by atoms with van der Waals surface area (Å²) in [6, 6.07) is 4.17. The van der Waals surface area contributed by atoms with Gasteiger partial charge in [-0.3, -0.25) is 4.79 Å². The second-order valence-corrected chi connectivity index (χ2v) is 2.71. The minimum Gasteiger partial charge on any atom is -0.494 e. The Morgan fingerprint density at radius 2 is 2.36 bits per heavy atom. The number of benzene rings is 1. The molecule has 0 bridgehead atoms. The summed E-state index contributed by atoms with van der Waals surface area (Å²) in [5.41, 5.74) is 0.591. The van der Waals surface area contributed by atoms with Gasteiger partial charge in [0.2, 0.25) is 0 Å². The monoisotopic (exact) mass is 194 g/mol. The molecule has 0 saturated carbocycles. The van der Waals surface area contributed by atoms with Crippen LogP contribution in [0.5, 0.6) is 0 Å². The minimum absolute atomic E-state index is 0.280. The molecule has 0 aliphatic heterocycles. The fourth-order valence-corrected chi connectivity index (χ4v) is 1.08. The molecule has 0 atom stereocenters. The second-order valence-electron chi connectivity index (χ2n) is 2.71. The first-order chi connectivity index (χ1) is 6.69. The largest absolute Gasteiger partial charge is 0.494 e. The molecular formula is C11H11FO2. The number of carbonyl (C=O) groups is 1. The van der Waals surface area contributed by atoms with Crippen LogP contribution < -0.4 is 0 Å². The smallest absolute Gasteiger partial charge is 0.150 e. The van der Waals surface area contributed by atoms with Crippen LogP contribution in [0.25, 0.3) is 5.76 Å². The van der Waals surface area contributed by atoms with Gasteiger partial charge >= 0.3 is 0 Å². The van der Waals surface area contributed by atoms with Gasteiger partial charge in [0.1, 0.15) is 17.9 Å². The van der Waals surface area contributed by atoms with Gasteiger partial charge in [0.05, 0.1) is 12.2 Å². The van der Waals surface area contributed by atoms with Crippen molar-refractivity contribution in [1.29, 1.82) is 0 Å². The van der Waals surface area contributed by atoms with Crippen LogP contribution in [0.3, 0.4) is 0 Å². The molecule has 0 radical (unpaired) electrons. The summed E-state index contributed by atoms with van der Waals surface area (Å²) in [6.07, 6.45) is 0.594. The number of halogens is 1. The summed E-state index contributed by atoms with van der Waals surface area (Å²) < 4.78 is 18.4. The fourth-order valence-electron chi connectivity index (χ4n) is 1.08. The predicted octanol–water partition coefficient (Wildman–Crippen LogP) is 2.65. The molecule has 14 heavy (non-hydrogen) atoms. The van der Waals surface area contributed by atoms with E-state index in [1.807, 2.05) is 0 Å². The van der Waals surface area contributed by atoms with Crippen LogP contribution >= 0.6 is 0 Å². The maximum Gasteiger partial charge on any atom is 0.150 e. The van der Waals surface area contributed by atoms with E-state index >= 15 is 0 Å². The molecule has 0 N–H and O–H groups in total. The van der Waals surface area contributed by atoms with E-state index in [0.717, 1.165) is 6.07 Å². The van der Waals surface area contributed by atoms with Gasteiger partial charge in [0.15, 0.2) is 0 Å². The molecule has 0 heterocycles. The molecule has 0 unspecified atom stereocenters. The van der Waals surface area contributed by atoms with Gasteiger partial charge < -0.3 is 4.74 Å². The third-order valence-corrected chi connectivity index (χ3v) is 1.75. The lowest BCUT2D eigenvalue weighted by atomic mass is 10.1. The van der Waals surface area contributed by atoms with Crippen LogP contribution in [-0.4, -0.2) is 12.9 Å². The SMILES string of the molecule is C=C(OCC)c1ccc(C=O)cc1F. The van der Waals surface area contributed by atoms with Crippen molar-refractivity contribution >= 4 is 12.0 Å². The average molecular weight is 194 g/mol. The second kappa shape index (κ2) is 4.56. The Bertz CT molecular complexity index is 358. The summed E-state index contributed by atoms with van der Waals surface area (Å²) in [5, 5.41) is 0. The number of rotatable bonds is 4. The molecule has 0 spiro atoms. The predicted molar refractivity (Wildman–Crippen MR) is 52.4 cm³/mol. The molecule has 1 aromatic carbocycles. The van der Waals surface area contributed by atoms with Gasteiger partial charge in [-0.15, -0.1) is 0 Å². The van der Waals surface area contributed by atoms with E-state index < -0.39 is 5.82 Å². The Balaban J connectivity index is 2.99. The highest BCUT2D eigenvalue weighted by Gasteiger charge is 2.07. The van der Waals surface area contributed by atoms with Crippen molar-refractivity contribution in [1.82, 2.24) is 0 Å². The summed E-state index contributed by atoms with van der Waals surface area (Å²) in [5.74, 6) is -0.213. The van der Waals surface area contributed by atoms with Crippen LogP contribution in [0.1, 0.15) is 22.8 Å². The number of ether oxygens (including phenoxy) is 1. The van der Waals surface area contributed by atoms with Crippen molar-refractivity contribution in [3.05, 3.63) is 41.7 Å². The molecule has 2 nitrogen and oxygen atoms in total. The van der Waals surface area contributed by atoms with Crippen LogP contribution in [0, 0.1) is 5.82 Å². The Hall–Kier alpha value is -1.64. The summed E-state index contributed by atoms with van der Waals surface area (Å²) in [4.78, 5) is 10.3. The average Bonchev–Trinajstić information content (AvgIpc) is 2.17. The molecule has 0 amide bonds. The van der Waals surface area contributed by atoms with E-state index in [9.17, 15) is 9.18 Å². The summed E-state index contributed by atoms with van der Waals surface area (Å²) in [7, 11) is 0. The van der Waals surface area contributed by atoms with Crippen molar-refractivity contribution in [2.75, 3.05) is 6.61 Å². The number of carbonyl (C=O) groups excluding carboxylic acids is 1. The highest BCUT2D eigenvalue weighted by molar-refractivity contribution is 5.76.